The van der Waals surface area contributed by atoms with Gasteiger partial charge in [0, 0.05) is 5.39 Å². The number of halogens is 2. The molecular formula is C30H34F2O. The lowest BCUT2D eigenvalue weighted by atomic mass is 9.77. The summed E-state index contributed by atoms with van der Waals surface area (Å²) in [7, 11) is 0. The Bertz CT molecular complexity index is 1080. The van der Waals surface area contributed by atoms with E-state index in [0.29, 0.717) is 16.7 Å². The fraction of sp³-hybridized carbons (Fsp3) is 0.400. The molecule has 0 aliphatic heterocycles. The lowest BCUT2D eigenvalue weighted by Gasteiger charge is -2.28. The minimum Gasteiger partial charge on any atom is -0.486 e. The van der Waals surface area contributed by atoms with Gasteiger partial charge in [0.15, 0.2) is 11.6 Å². The van der Waals surface area contributed by atoms with Gasteiger partial charge in [-0.1, -0.05) is 68.8 Å². The van der Waals surface area contributed by atoms with Crippen LogP contribution in [0.25, 0.3) is 10.8 Å². The zero-order chi connectivity index (χ0) is 23.2. The fourth-order valence-electron chi connectivity index (χ4n) is 5.20. The highest BCUT2D eigenvalue weighted by atomic mass is 19.2. The second kappa shape index (κ2) is 11.0. The number of rotatable bonds is 9. The minimum absolute atomic E-state index is 0.0772. The summed E-state index contributed by atoms with van der Waals surface area (Å²) in [5, 5.41) is 0.930. The summed E-state index contributed by atoms with van der Waals surface area (Å²) in [5.41, 5.74) is 3.74. The molecule has 0 radical (unpaired) electrons. The first-order valence-corrected chi connectivity index (χ1v) is 12.3. The molecule has 0 N–H and O–H groups in total. The van der Waals surface area contributed by atoms with E-state index in [-0.39, 0.29) is 12.4 Å². The van der Waals surface area contributed by atoms with Crippen molar-refractivity contribution < 1.29 is 13.5 Å². The molecule has 0 amide bonds. The average Bonchev–Trinajstić information content (AvgIpc) is 2.85. The molecule has 3 aromatic carbocycles. The number of hydrogen-bond acceptors (Lipinski definition) is 1. The van der Waals surface area contributed by atoms with Crippen LogP contribution in [0.1, 0.15) is 68.1 Å². The second-order valence-electron chi connectivity index (χ2n) is 9.41. The first kappa shape index (κ1) is 23.5. The van der Waals surface area contributed by atoms with Gasteiger partial charge in [0.05, 0.1) is 0 Å². The van der Waals surface area contributed by atoms with Crippen LogP contribution in [0.3, 0.4) is 0 Å². The third kappa shape index (κ3) is 5.63. The highest BCUT2D eigenvalue weighted by Gasteiger charge is 2.21. The van der Waals surface area contributed by atoms with Crippen molar-refractivity contribution in [1.29, 1.82) is 0 Å². The van der Waals surface area contributed by atoms with Crippen LogP contribution in [0.15, 0.2) is 61.2 Å². The molecule has 0 unspecified atom stereocenters. The summed E-state index contributed by atoms with van der Waals surface area (Å²) < 4.78 is 34.2. The number of benzene rings is 3. The van der Waals surface area contributed by atoms with Gasteiger partial charge in [0.1, 0.15) is 6.61 Å². The molecule has 0 heterocycles. The predicted octanol–water partition coefficient (Wildman–Crippen LogP) is 8.54. The molecule has 3 heteroatoms. The topological polar surface area (TPSA) is 9.23 Å². The lowest BCUT2D eigenvalue weighted by Crippen LogP contribution is -2.13. The Labute approximate surface area is 196 Å². The smallest absolute Gasteiger partial charge is 0.201 e. The van der Waals surface area contributed by atoms with Gasteiger partial charge in [-0.15, -0.1) is 0 Å². The Balaban J connectivity index is 1.39. The van der Waals surface area contributed by atoms with E-state index in [0.717, 1.165) is 24.3 Å². The predicted molar refractivity (Wildman–Crippen MR) is 133 cm³/mol. The zero-order valence-electron chi connectivity index (χ0n) is 19.6. The highest BCUT2D eigenvalue weighted by Crippen LogP contribution is 2.37. The van der Waals surface area contributed by atoms with Crippen LogP contribution in [-0.4, -0.2) is 6.61 Å². The van der Waals surface area contributed by atoms with Gasteiger partial charge in [0.25, 0.3) is 0 Å². The van der Waals surface area contributed by atoms with E-state index in [1.54, 1.807) is 12.1 Å². The van der Waals surface area contributed by atoms with Gasteiger partial charge >= 0.3 is 0 Å². The van der Waals surface area contributed by atoms with E-state index < -0.39 is 11.6 Å². The van der Waals surface area contributed by atoms with Gasteiger partial charge < -0.3 is 4.74 Å². The van der Waals surface area contributed by atoms with Gasteiger partial charge in [-0.3, -0.25) is 0 Å². The molecule has 0 spiro atoms. The normalized spacial score (nSPS) is 18.4. The van der Waals surface area contributed by atoms with E-state index in [1.165, 1.54) is 55.7 Å². The molecule has 3 aromatic rings. The SMILES string of the molecule is C=CCOc1cc2ccc(CCc3ccc(C4CCC(CCC)CC4)cc3)cc2c(F)c1F. The van der Waals surface area contributed by atoms with E-state index in [1.807, 2.05) is 12.1 Å². The van der Waals surface area contributed by atoms with Gasteiger partial charge in [0.2, 0.25) is 5.82 Å². The average molecular weight is 449 g/mol. The van der Waals surface area contributed by atoms with Crippen LogP contribution in [0, 0.1) is 17.6 Å². The summed E-state index contributed by atoms with van der Waals surface area (Å²) in [6.07, 6.45) is 11.2. The van der Waals surface area contributed by atoms with Crippen molar-refractivity contribution in [2.75, 3.05) is 6.61 Å². The Kier molecular flexibility index (Phi) is 7.80. The van der Waals surface area contributed by atoms with E-state index in [4.69, 9.17) is 4.74 Å². The Morgan fingerprint density at radius 3 is 2.30 bits per heavy atom. The highest BCUT2D eigenvalue weighted by molar-refractivity contribution is 5.85. The number of aryl methyl sites for hydroxylation is 2. The Morgan fingerprint density at radius 1 is 0.909 bits per heavy atom. The molecule has 4 rings (SSSR count). The van der Waals surface area contributed by atoms with Crippen molar-refractivity contribution in [1.82, 2.24) is 0 Å². The molecule has 33 heavy (non-hydrogen) atoms. The number of fused-ring (bicyclic) bond motifs is 1. The Hall–Kier alpha value is -2.68. The van der Waals surface area contributed by atoms with Crippen molar-refractivity contribution >= 4 is 10.8 Å². The van der Waals surface area contributed by atoms with Crippen molar-refractivity contribution in [3.05, 3.63) is 89.5 Å². The fourth-order valence-corrected chi connectivity index (χ4v) is 5.20. The van der Waals surface area contributed by atoms with Crippen LogP contribution in [0.2, 0.25) is 0 Å². The molecule has 0 saturated heterocycles. The van der Waals surface area contributed by atoms with Crippen LogP contribution >= 0.6 is 0 Å². The van der Waals surface area contributed by atoms with E-state index in [2.05, 4.69) is 37.8 Å². The minimum atomic E-state index is -0.944. The summed E-state index contributed by atoms with van der Waals surface area (Å²) in [5.74, 6) is -0.248. The summed E-state index contributed by atoms with van der Waals surface area (Å²) in [6, 6.07) is 16.2. The van der Waals surface area contributed by atoms with Gasteiger partial charge in [-0.2, -0.15) is 4.39 Å². The molecule has 1 fully saturated rings. The molecule has 1 saturated carbocycles. The van der Waals surface area contributed by atoms with Crippen LogP contribution in [0.5, 0.6) is 5.75 Å². The summed E-state index contributed by atoms with van der Waals surface area (Å²) in [6.45, 7) is 5.97. The van der Waals surface area contributed by atoms with E-state index >= 15 is 0 Å². The van der Waals surface area contributed by atoms with Crippen molar-refractivity contribution in [2.45, 2.75) is 64.2 Å². The number of hydrogen-bond donors (Lipinski definition) is 0. The molecule has 0 atom stereocenters. The maximum absolute atomic E-state index is 14.6. The lowest BCUT2D eigenvalue weighted by molar-refractivity contribution is 0.308. The summed E-state index contributed by atoms with van der Waals surface area (Å²) >= 11 is 0. The third-order valence-electron chi connectivity index (χ3n) is 7.10. The summed E-state index contributed by atoms with van der Waals surface area (Å²) in [4.78, 5) is 0. The van der Waals surface area contributed by atoms with Crippen molar-refractivity contribution in [3.8, 4) is 5.75 Å². The standard InChI is InChI=1S/C30H34F2O/c1-3-5-21-8-13-24(14-9-21)25-15-10-22(11-16-25)6-7-23-12-17-26-20-28(33-18-4-2)30(32)29(31)27(26)19-23/h4,10-12,15-17,19-21,24H,2-3,5-9,13-14,18H2,1H3. The van der Waals surface area contributed by atoms with Crippen LogP contribution in [-0.2, 0) is 12.8 Å². The molecule has 174 valence electrons. The second-order valence-corrected chi connectivity index (χ2v) is 9.41. The first-order valence-electron chi connectivity index (χ1n) is 12.3. The monoisotopic (exact) mass is 448 g/mol. The Morgan fingerprint density at radius 2 is 1.61 bits per heavy atom. The zero-order valence-corrected chi connectivity index (χ0v) is 19.6. The number of ether oxygens (including phenoxy) is 1. The molecule has 1 nitrogen and oxygen atoms in total. The van der Waals surface area contributed by atoms with Gasteiger partial charge in [-0.05, 0) is 84.6 Å². The largest absolute Gasteiger partial charge is 0.486 e. The van der Waals surface area contributed by atoms with Crippen molar-refractivity contribution in [2.24, 2.45) is 5.92 Å². The van der Waals surface area contributed by atoms with Crippen LogP contribution < -0.4 is 4.74 Å². The molecule has 1 aliphatic rings. The maximum atomic E-state index is 14.6. The maximum Gasteiger partial charge on any atom is 0.201 e. The van der Waals surface area contributed by atoms with E-state index in [9.17, 15) is 8.78 Å². The molecule has 1 aliphatic carbocycles. The quantitative estimate of drug-likeness (QED) is 0.298. The molecular weight excluding hydrogens is 414 g/mol. The molecule has 0 bridgehead atoms. The first-order chi connectivity index (χ1) is 16.1. The van der Waals surface area contributed by atoms with Crippen molar-refractivity contribution in [3.63, 3.8) is 0 Å². The van der Waals surface area contributed by atoms with Crippen LogP contribution in [0.4, 0.5) is 8.78 Å². The third-order valence-corrected chi connectivity index (χ3v) is 7.10. The molecule has 0 aromatic heterocycles. The van der Waals surface area contributed by atoms with Gasteiger partial charge in [-0.25, -0.2) is 4.39 Å².